The van der Waals surface area contributed by atoms with Crippen molar-refractivity contribution in [3.63, 3.8) is 0 Å². The van der Waals surface area contributed by atoms with Crippen LogP contribution in [0.15, 0.2) is 11.2 Å². The first-order valence-electron chi connectivity index (χ1n) is 8.99. The lowest BCUT2D eigenvalue weighted by Gasteiger charge is -2.29. The van der Waals surface area contributed by atoms with Crippen LogP contribution in [0.3, 0.4) is 0 Å². The number of fused-ring (bicyclic) bond motifs is 1. The number of hydrogen-bond donors (Lipinski definition) is 0. The highest BCUT2D eigenvalue weighted by atomic mass is 32.2. The fourth-order valence-electron chi connectivity index (χ4n) is 3.39. The summed E-state index contributed by atoms with van der Waals surface area (Å²) in [6.45, 7) is 1.74. The molecule has 0 radical (unpaired) electrons. The lowest BCUT2D eigenvalue weighted by atomic mass is 9.90. The zero-order chi connectivity index (χ0) is 24.9. The Hall–Kier alpha value is -2.13. The molecule has 2 aromatic rings. The number of hydrogen-bond acceptors (Lipinski definition) is 7. The fraction of sp³-hybridized carbons (Fsp3) is 0.444. The van der Waals surface area contributed by atoms with Crippen molar-refractivity contribution >= 4 is 21.9 Å². The summed E-state index contributed by atoms with van der Waals surface area (Å²) in [5, 5.41) is -0.196. The lowest BCUT2D eigenvalue weighted by molar-refractivity contribution is -0.140. The maximum absolute atomic E-state index is 14.9. The molecule has 0 bridgehead atoms. The highest BCUT2D eigenvalue weighted by Gasteiger charge is 2.49. The summed E-state index contributed by atoms with van der Waals surface area (Å²) < 4.78 is 127. The van der Waals surface area contributed by atoms with Crippen LogP contribution in [-0.2, 0) is 34.1 Å². The maximum atomic E-state index is 14.9. The summed E-state index contributed by atoms with van der Waals surface area (Å²) in [6.07, 6.45) is -5.46. The summed E-state index contributed by atoms with van der Waals surface area (Å²) >= 11 is 0.829. The van der Waals surface area contributed by atoms with Gasteiger partial charge >= 0.3 is 21.8 Å². The van der Waals surface area contributed by atoms with Gasteiger partial charge in [-0.3, -0.25) is 0 Å². The first-order valence-corrected chi connectivity index (χ1v) is 11.6. The summed E-state index contributed by atoms with van der Waals surface area (Å²) in [6, 6.07) is 1.04. The number of alkyl halides is 6. The zero-order valence-corrected chi connectivity index (χ0v) is 18.7. The van der Waals surface area contributed by atoms with Crippen molar-refractivity contribution in [2.75, 3.05) is 6.26 Å². The summed E-state index contributed by atoms with van der Waals surface area (Å²) in [5.41, 5.74) is -8.45. The molecule has 1 aliphatic heterocycles. The standard InChI is InChI=1S/C18H15F7N2O4S2/c1-7-4-8(2)14(19)12(13(7)17(20,21)22)11-5-10-9(6-30-11)15(27-16(26-10)32-3)31-33(28,29)18(23,24)25/h4,11H,5-6H2,1-3H3. The van der Waals surface area contributed by atoms with Gasteiger partial charge in [-0.15, -0.1) is 0 Å². The molecule has 0 saturated heterocycles. The predicted octanol–water partition coefficient (Wildman–Crippen LogP) is 5.02. The topological polar surface area (TPSA) is 78.4 Å². The Morgan fingerprint density at radius 3 is 2.30 bits per heavy atom. The Balaban J connectivity index is 2.12. The van der Waals surface area contributed by atoms with Gasteiger partial charge in [-0.05, 0) is 31.2 Å². The molecule has 0 saturated carbocycles. The molecule has 15 heteroatoms. The highest BCUT2D eigenvalue weighted by Crippen LogP contribution is 2.44. The Morgan fingerprint density at radius 1 is 1.12 bits per heavy atom. The van der Waals surface area contributed by atoms with Crippen LogP contribution in [0.5, 0.6) is 5.88 Å². The van der Waals surface area contributed by atoms with Crippen LogP contribution < -0.4 is 4.18 Å². The molecule has 0 spiro atoms. The van der Waals surface area contributed by atoms with E-state index in [1.54, 1.807) is 0 Å². The van der Waals surface area contributed by atoms with Crippen molar-refractivity contribution in [3.05, 3.63) is 45.4 Å². The van der Waals surface area contributed by atoms with Gasteiger partial charge in [-0.2, -0.15) is 39.7 Å². The van der Waals surface area contributed by atoms with Gasteiger partial charge in [0, 0.05) is 12.0 Å². The molecule has 0 fully saturated rings. The molecule has 1 aromatic heterocycles. The van der Waals surface area contributed by atoms with Crippen molar-refractivity contribution in [2.24, 2.45) is 0 Å². The van der Waals surface area contributed by atoms with E-state index in [2.05, 4.69) is 14.2 Å². The molecular formula is C18H15F7N2O4S2. The minimum absolute atomic E-state index is 0.0577. The van der Waals surface area contributed by atoms with E-state index in [1.807, 2.05) is 0 Å². The normalized spacial score (nSPS) is 17.1. The second-order valence-corrected chi connectivity index (χ2v) is 9.35. The van der Waals surface area contributed by atoms with Gasteiger partial charge in [0.1, 0.15) is 5.82 Å². The van der Waals surface area contributed by atoms with Crippen LogP contribution in [-0.4, -0.2) is 30.1 Å². The number of ether oxygens (including phenoxy) is 1. The molecule has 1 aromatic carbocycles. The van der Waals surface area contributed by atoms with Gasteiger partial charge in [0.15, 0.2) is 5.16 Å². The van der Waals surface area contributed by atoms with Crippen molar-refractivity contribution < 1.29 is 48.1 Å². The van der Waals surface area contributed by atoms with E-state index in [4.69, 9.17) is 4.74 Å². The summed E-state index contributed by atoms with van der Waals surface area (Å²) in [4.78, 5) is 7.66. The van der Waals surface area contributed by atoms with E-state index < -0.39 is 63.8 Å². The van der Waals surface area contributed by atoms with E-state index in [1.165, 1.54) is 13.2 Å². The SMILES string of the molecule is CSc1nc2c(c(OS(=O)(=O)C(F)(F)F)n1)COC(c1c(F)c(C)cc(C)c1C(F)(F)F)C2. The number of aromatic nitrogens is 2. The Bertz CT molecular complexity index is 1200. The highest BCUT2D eigenvalue weighted by molar-refractivity contribution is 7.98. The Labute approximate surface area is 187 Å². The average molecular weight is 520 g/mol. The molecule has 1 atom stereocenters. The minimum atomic E-state index is -6.08. The van der Waals surface area contributed by atoms with Crippen molar-refractivity contribution in [1.82, 2.24) is 9.97 Å². The third-order valence-electron chi connectivity index (χ3n) is 4.78. The van der Waals surface area contributed by atoms with Crippen LogP contribution in [0.25, 0.3) is 0 Å². The quantitative estimate of drug-likeness (QED) is 0.184. The molecule has 0 N–H and O–H groups in total. The number of halogens is 7. The van der Waals surface area contributed by atoms with Crippen LogP contribution >= 0.6 is 11.8 Å². The van der Waals surface area contributed by atoms with Crippen LogP contribution in [0.1, 0.15) is 39.6 Å². The van der Waals surface area contributed by atoms with Gasteiger partial charge in [0.05, 0.1) is 29.5 Å². The van der Waals surface area contributed by atoms with E-state index in [0.717, 1.165) is 24.8 Å². The van der Waals surface area contributed by atoms with Crippen LogP contribution in [0.2, 0.25) is 0 Å². The second kappa shape index (κ2) is 8.58. The average Bonchev–Trinajstić information content (AvgIpc) is 2.67. The molecular weight excluding hydrogens is 505 g/mol. The maximum Gasteiger partial charge on any atom is 0.534 e. The summed E-state index contributed by atoms with van der Waals surface area (Å²) in [7, 11) is -6.08. The molecule has 0 amide bonds. The van der Waals surface area contributed by atoms with Crippen molar-refractivity contribution in [2.45, 2.75) is 49.8 Å². The Morgan fingerprint density at radius 2 is 1.76 bits per heavy atom. The largest absolute Gasteiger partial charge is 0.534 e. The molecule has 33 heavy (non-hydrogen) atoms. The molecule has 6 nitrogen and oxygen atoms in total. The van der Waals surface area contributed by atoms with E-state index >= 15 is 0 Å². The van der Waals surface area contributed by atoms with Gasteiger partial charge < -0.3 is 8.92 Å². The molecule has 0 aliphatic carbocycles. The third kappa shape index (κ3) is 4.89. The second-order valence-electron chi connectivity index (χ2n) is 7.04. The number of aryl methyl sites for hydroxylation is 2. The number of thioether (sulfide) groups is 1. The Kier molecular flexibility index (Phi) is 6.63. The third-order valence-corrected chi connectivity index (χ3v) is 6.27. The first kappa shape index (κ1) is 25.5. The van der Waals surface area contributed by atoms with Gasteiger partial charge in [-0.1, -0.05) is 17.8 Å². The number of benzene rings is 1. The van der Waals surface area contributed by atoms with Gasteiger partial charge in [0.2, 0.25) is 5.88 Å². The molecule has 1 unspecified atom stereocenters. The number of nitrogens with zero attached hydrogens (tertiary/aromatic N) is 2. The van der Waals surface area contributed by atoms with Gasteiger partial charge in [0.25, 0.3) is 0 Å². The van der Waals surface area contributed by atoms with Crippen LogP contribution in [0, 0.1) is 19.7 Å². The molecule has 182 valence electrons. The first-order chi connectivity index (χ1) is 15.1. The predicted molar refractivity (Wildman–Crippen MR) is 102 cm³/mol. The van der Waals surface area contributed by atoms with Gasteiger partial charge in [-0.25, -0.2) is 9.37 Å². The zero-order valence-electron chi connectivity index (χ0n) is 17.1. The van der Waals surface area contributed by atoms with E-state index in [0.29, 0.717) is 0 Å². The number of rotatable bonds is 4. The van der Waals surface area contributed by atoms with Crippen LogP contribution in [0.4, 0.5) is 30.7 Å². The monoisotopic (exact) mass is 520 g/mol. The van der Waals surface area contributed by atoms with E-state index in [-0.39, 0.29) is 27.5 Å². The lowest BCUT2D eigenvalue weighted by Crippen LogP contribution is -2.30. The molecule has 2 heterocycles. The molecule has 3 rings (SSSR count). The van der Waals surface area contributed by atoms with Crippen molar-refractivity contribution in [1.29, 1.82) is 0 Å². The fourth-order valence-corrected chi connectivity index (χ4v) is 4.20. The summed E-state index contributed by atoms with van der Waals surface area (Å²) in [5.74, 6) is -2.10. The minimum Gasteiger partial charge on any atom is -0.368 e. The smallest absolute Gasteiger partial charge is 0.368 e. The van der Waals surface area contributed by atoms with Crippen molar-refractivity contribution in [3.8, 4) is 5.88 Å². The molecule has 1 aliphatic rings. The van der Waals surface area contributed by atoms with E-state index in [9.17, 15) is 39.2 Å².